The van der Waals surface area contributed by atoms with E-state index in [1.165, 1.54) is 0 Å². The zero-order valence-corrected chi connectivity index (χ0v) is 11.3. The molecule has 0 aromatic rings. The number of aliphatic carboxylic acids is 1. The topological polar surface area (TPSA) is 105 Å². The maximum atomic E-state index is 11.4. The van der Waals surface area contributed by atoms with Crippen molar-refractivity contribution in [2.24, 2.45) is 0 Å². The van der Waals surface area contributed by atoms with Crippen molar-refractivity contribution >= 4 is 17.8 Å². The largest absolute Gasteiger partial charge is 0.490 e. The Balaban J connectivity index is 0.000000486. The highest BCUT2D eigenvalue weighted by molar-refractivity contribution is 5.85. The second kappa shape index (κ2) is 9.16. The molecule has 10 heteroatoms. The number of alkyl halides is 3. The number of nitrogens with one attached hydrogen (secondary N) is 2. The summed E-state index contributed by atoms with van der Waals surface area (Å²) in [5.41, 5.74) is 0. The summed E-state index contributed by atoms with van der Waals surface area (Å²) in [5, 5.41) is 12.7. The van der Waals surface area contributed by atoms with Crippen molar-refractivity contribution in [1.29, 1.82) is 0 Å². The number of carboxylic acids is 1. The smallest absolute Gasteiger partial charge is 0.475 e. The predicted molar refractivity (Wildman–Crippen MR) is 64.4 cm³/mol. The summed E-state index contributed by atoms with van der Waals surface area (Å²) < 4.78 is 36.4. The third kappa shape index (κ3) is 8.84. The molecule has 3 N–H and O–H groups in total. The van der Waals surface area contributed by atoms with Gasteiger partial charge in [0.05, 0.1) is 12.6 Å². The van der Waals surface area contributed by atoms with Crippen molar-refractivity contribution in [3.63, 3.8) is 0 Å². The highest BCUT2D eigenvalue weighted by Gasteiger charge is 2.38. The third-order valence-electron chi connectivity index (χ3n) is 2.33. The first-order valence-electron chi connectivity index (χ1n) is 6.15. The molecule has 1 fully saturated rings. The summed E-state index contributed by atoms with van der Waals surface area (Å²) >= 11 is 0. The molecule has 0 aromatic carbocycles. The minimum atomic E-state index is -5.08. The summed E-state index contributed by atoms with van der Waals surface area (Å²) in [7, 11) is 0. The molecular formula is C11H17F3N2O5. The van der Waals surface area contributed by atoms with Gasteiger partial charge < -0.3 is 20.5 Å². The molecular weight excluding hydrogens is 297 g/mol. The molecule has 122 valence electrons. The Morgan fingerprint density at radius 2 is 1.95 bits per heavy atom. The first kappa shape index (κ1) is 19.2. The van der Waals surface area contributed by atoms with Crippen LogP contribution in [0.4, 0.5) is 13.2 Å². The van der Waals surface area contributed by atoms with Gasteiger partial charge in [-0.15, -0.1) is 0 Å². The summed E-state index contributed by atoms with van der Waals surface area (Å²) in [6.07, 6.45) is -3.23. The Morgan fingerprint density at radius 3 is 2.33 bits per heavy atom. The fraction of sp³-hybridized carbons (Fsp3) is 0.727. The van der Waals surface area contributed by atoms with E-state index in [1.54, 1.807) is 6.92 Å². The summed E-state index contributed by atoms with van der Waals surface area (Å²) in [6.45, 7) is 2.91. The Kier molecular flexibility index (Phi) is 8.36. The van der Waals surface area contributed by atoms with E-state index < -0.39 is 12.1 Å². The molecule has 1 aliphatic heterocycles. The van der Waals surface area contributed by atoms with E-state index in [0.717, 1.165) is 19.4 Å². The van der Waals surface area contributed by atoms with Crippen LogP contribution in [0.15, 0.2) is 0 Å². The standard InChI is InChI=1S/C9H16N2O3.C2HF3O2/c1-2-14-8(12)6-11-9(13)7-4-3-5-10-7;3-2(4,5)1(6)7/h7,10H,2-6H2,1H3,(H,11,13);(H,6,7)/t7-;/m0./s1. The zero-order valence-electron chi connectivity index (χ0n) is 11.3. The van der Waals surface area contributed by atoms with Crippen molar-refractivity contribution < 1.29 is 37.4 Å². The lowest BCUT2D eigenvalue weighted by molar-refractivity contribution is -0.192. The fourth-order valence-electron chi connectivity index (χ4n) is 1.40. The van der Waals surface area contributed by atoms with E-state index in [-0.39, 0.29) is 24.5 Å². The maximum Gasteiger partial charge on any atom is 0.490 e. The number of carboxylic acid groups (broad SMARTS) is 1. The lowest BCUT2D eigenvalue weighted by atomic mass is 10.2. The average Bonchev–Trinajstić information content (AvgIpc) is 2.89. The second-order valence-corrected chi connectivity index (χ2v) is 3.97. The van der Waals surface area contributed by atoms with E-state index in [1.807, 2.05) is 0 Å². The molecule has 1 aliphatic rings. The number of amides is 1. The highest BCUT2D eigenvalue weighted by Crippen LogP contribution is 2.13. The number of carbonyl (C=O) groups is 3. The van der Waals surface area contributed by atoms with Gasteiger partial charge in [0.2, 0.25) is 5.91 Å². The van der Waals surface area contributed by atoms with Crippen molar-refractivity contribution in [1.82, 2.24) is 10.6 Å². The number of hydrogen-bond acceptors (Lipinski definition) is 5. The minimum Gasteiger partial charge on any atom is -0.475 e. The molecule has 0 saturated carbocycles. The first-order chi connectivity index (χ1) is 9.68. The van der Waals surface area contributed by atoms with Crippen LogP contribution in [-0.4, -0.2) is 54.9 Å². The van der Waals surface area contributed by atoms with Gasteiger partial charge in [-0.05, 0) is 26.3 Å². The third-order valence-corrected chi connectivity index (χ3v) is 2.33. The number of ether oxygens (including phenoxy) is 1. The molecule has 0 aromatic heterocycles. The minimum absolute atomic E-state index is 0.0369. The lowest BCUT2D eigenvalue weighted by Gasteiger charge is -2.10. The van der Waals surface area contributed by atoms with Crippen LogP contribution in [0, 0.1) is 0 Å². The normalized spacial score (nSPS) is 17.4. The first-order valence-corrected chi connectivity index (χ1v) is 6.15. The SMILES string of the molecule is CCOC(=O)CNC(=O)[C@@H]1CCCN1.O=C(O)C(F)(F)F. The second-order valence-electron chi connectivity index (χ2n) is 3.97. The van der Waals surface area contributed by atoms with Crippen LogP contribution in [-0.2, 0) is 19.1 Å². The summed E-state index contributed by atoms with van der Waals surface area (Å²) in [6, 6.07) is -0.135. The van der Waals surface area contributed by atoms with Gasteiger partial charge in [-0.1, -0.05) is 0 Å². The van der Waals surface area contributed by atoms with Gasteiger partial charge in [0.25, 0.3) is 0 Å². The van der Waals surface area contributed by atoms with Gasteiger partial charge in [0, 0.05) is 0 Å². The Hall–Kier alpha value is -1.84. The van der Waals surface area contributed by atoms with Gasteiger partial charge in [-0.3, -0.25) is 9.59 Å². The molecule has 7 nitrogen and oxygen atoms in total. The van der Waals surface area contributed by atoms with Crippen molar-refractivity contribution in [2.75, 3.05) is 19.7 Å². The Labute approximate surface area is 118 Å². The zero-order chi connectivity index (χ0) is 16.5. The molecule has 1 rings (SSSR count). The van der Waals surface area contributed by atoms with Gasteiger partial charge in [0.15, 0.2) is 0 Å². The van der Waals surface area contributed by atoms with Gasteiger partial charge in [0.1, 0.15) is 6.54 Å². The number of halogens is 3. The van der Waals surface area contributed by atoms with Crippen molar-refractivity contribution in [2.45, 2.75) is 32.0 Å². The quantitative estimate of drug-likeness (QED) is 0.633. The monoisotopic (exact) mass is 314 g/mol. The number of esters is 1. The van der Waals surface area contributed by atoms with Crippen LogP contribution in [0.5, 0.6) is 0 Å². The number of carbonyl (C=O) groups excluding carboxylic acids is 2. The maximum absolute atomic E-state index is 11.4. The molecule has 0 bridgehead atoms. The molecule has 1 heterocycles. The molecule has 0 radical (unpaired) electrons. The highest BCUT2D eigenvalue weighted by atomic mass is 19.4. The van der Waals surface area contributed by atoms with Crippen molar-refractivity contribution in [3.8, 4) is 0 Å². The van der Waals surface area contributed by atoms with Crippen LogP contribution in [0.2, 0.25) is 0 Å². The predicted octanol–water partition coefficient (Wildman–Crippen LogP) is 0.0510. The summed E-state index contributed by atoms with van der Waals surface area (Å²) in [5.74, 6) is -3.26. The molecule has 0 spiro atoms. The van der Waals surface area contributed by atoms with E-state index in [2.05, 4.69) is 15.4 Å². The number of rotatable bonds is 4. The van der Waals surface area contributed by atoms with Gasteiger partial charge in [-0.2, -0.15) is 13.2 Å². The Bertz CT molecular complexity index is 367. The van der Waals surface area contributed by atoms with Crippen LogP contribution in [0.1, 0.15) is 19.8 Å². The molecule has 1 saturated heterocycles. The number of hydrogen-bond donors (Lipinski definition) is 3. The molecule has 0 unspecified atom stereocenters. The molecule has 0 aliphatic carbocycles. The van der Waals surface area contributed by atoms with Crippen LogP contribution in [0.3, 0.4) is 0 Å². The van der Waals surface area contributed by atoms with E-state index in [4.69, 9.17) is 9.90 Å². The fourth-order valence-corrected chi connectivity index (χ4v) is 1.40. The molecule has 21 heavy (non-hydrogen) atoms. The molecule has 1 atom stereocenters. The molecule has 1 amide bonds. The van der Waals surface area contributed by atoms with Crippen molar-refractivity contribution in [3.05, 3.63) is 0 Å². The van der Waals surface area contributed by atoms with E-state index >= 15 is 0 Å². The summed E-state index contributed by atoms with van der Waals surface area (Å²) in [4.78, 5) is 31.2. The van der Waals surface area contributed by atoms with Crippen LogP contribution >= 0.6 is 0 Å². The van der Waals surface area contributed by atoms with Crippen LogP contribution in [0.25, 0.3) is 0 Å². The van der Waals surface area contributed by atoms with E-state index in [9.17, 15) is 22.8 Å². The van der Waals surface area contributed by atoms with Crippen LogP contribution < -0.4 is 10.6 Å². The van der Waals surface area contributed by atoms with E-state index in [0.29, 0.717) is 6.61 Å². The van der Waals surface area contributed by atoms with Gasteiger partial charge in [-0.25, -0.2) is 4.79 Å². The Morgan fingerprint density at radius 1 is 1.38 bits per heavy atom. The van der Waals surface area contributed by atoms with Gasteiger partial charge >= 0.3 is 18.1 Å². The average molecular weight is 314 g/mol. The lowest BCUT2D eigenvalue weighted by Crippen LogP contribution is -2.42.